The Labute approximate surface area is 119 Å². The highest BCUT2D eigenvalue weighted by Crippen LogP contribution is 2.14. The first-order valence-corrected chi connectivity index (χ1v) is 6.68. The minimum atomic E-state index is -0.282. The van der Waals surface area contributed by atoms with Gasteiger partial charge in [0, 0.05) is 11.9 Å². The molecule has 2 rings (SSSR count). The van der Waals surface area contributed by atoms with E-state index in [9.17, 15) is 4.79 Å². The zero-order chi connectivity index (χ0) is 14.5. The molecular formula is C16H19N3O. The largest absolute Gasteiger partial charge is 0.324 e. The molecule has 0 aliphatic heterocycles. The number of hydrogen-bond donors (Lipinski definition) is 2. The van der Waals surface area contributed by atoms with Gasteiger partial charge in [-0.1, -0.05) is 13.0 Å². The molecule has 1 aromatic carbocycles. The van der Waals surface area contributed by atoms with Crippen molar-refractivity contribution in [1.82, 2.24) is 4.98 Å². The van der Waals surface area contributed by atoms with Gasteiger partial charge in [-0.15, -0.1) is 0 Å². The number of urea groups is 1. The molecule has 1 heterocycles. The van der Waals surface area contributed by atoms with Crippen molar-refractivity contribution in [2.24, 2.45) is 0 Å². The second-order valence-corrected chi connectivity index (χ2v) is 4.86. The summed E-state index contributed by atoms with van der Waals surface area (Å²) in [6.45, 7) is 6.07. The Hall–Kier alpha value is -2.36. The van der Waals surface area contributed by atoms with Gasteiger partial charge in [0.25, 0.3) is 0 Å². The lowest BCUT2D eigenvalue weighted by Crippen LogP contribution is -2.20. The van der Waals surface area contributed by atoms with Crippen LogP contribution in [0.25, 0.3) is 0 Å². The van der Waals surface area contributed by atoms with Gasteiger partial charge in [-0.2, -0.15) is 0 Å². The molecule has 0 bridgehead atoms. The lowest BCUT2D eigenvalue weighted by Gasteiger charge is -2.09. The number of benzene rings is 1. The molecule has 0 spiro atoms. The van der Waals surface area contributed by atoms with Crippen LogP contribution in [0.2, 0.25) is 0 Å². The standard InChI is InChI=1S/C16H19N3O/c1-4-13-5-6-17-15(10-13)19-16(20)18-14-8-11(2)7-12(3)9-14/h5-10H,4H2,1-3H3,(H2,17,18,19,20). The second-order valence-electron chi connectivity index (χ2n) is 4.86. The molecule has 0 saturated carbocycles. The molecule has 0 unspecified atom stereocenters. The van der Waals surface area contributed by atoms with Gasteiger partial charge in [0.2, 0.25) is 0 Å². The fourth-order valence-electron chi connectivity index (χ4n) is 2.09. The van der Waals surface area contributed by atoms with Gasteiger partial charge < -0.3 is 5.32 Å². The van der Waals surface area contributed by atoms with Gasteiger partial charge in [-0.3, -0.25) is 5.32 Å². The second kappa shape index (κ2) is 6.19. The van der Waals surface area contributed by atoms with Crippen LogP contribution in [-0.2, 0) is 6.42 Å². The molecule has 0 aliphatic carbocycles. The van der Waals surface area contributed by atoms with E-state index in [-0.39, 0.29) is 6.03 Å². The number of hydrogen-bond acceptors (Lipinski definition) is 2. The van der Waals surface area contributed by atoms with Gasteiger partial charge in [0.1, 0.15) is 5.82 Å². The molecule has 0 aliphatic rings. The smallest absolute Gasteiger partial charge is 0.308 e. The van der Waals surface area contributed by atoms with E-state index in [1.54, 1.807) is 6.20 Å². The van der Waals surface area contributed by atoms with E-state index >= 15 is 0 Å². The van der Waals surface area contributed by atoms with Crippen molar-refractivity contribution in [3.05, 3.63) is 53.2 Å². The predicted octanol–water partition coefficient (Wildman–Crippen LogP) is 3.90. The first-order chi connectivity index (χ1) is 9.56. The molecule has 1 aromatic heterocycles. The number of amides is 2. The minimum Gasteiger partial charge on any atom is -0.308 e. The molecule has 0 saturated heterocycles. The lowest BCUT2D eigenvalue weighted by molar-refractivity contribution is 0.262. The van der Waals surface area contributed by atoms with E-state index in [1.165, 1.54) is 0 Å². The fourth-order valence-corrected chi connectivity index (χ4v) is 2.09. The van der Waals surface area contributed by atoms with Crippen LogP contribution in [0.15, 0.2) is 36.5 Å². The van der Waals surface area contributed by atoms with Crippen LogP contribution in [0, 0.1) is 13.8 Å². The van der Waals surface area contributed by atoms with Crippen LogP contribution < -0.4 is 10.6 Å². The van der Waals surface area contributed by atoms with E-state index in [2.05, 4.69) is 28.6 Å². The topological polar surface area (TPSA) is 54.0 Å². The first-order valence-electron chi connectivity index (χ1n) is 6.68. The number of pyridine rings is 1. The number of carbonyl (C=O) groups excluding carboxylic acids is 1. The fraction of sp³-hybridized carbons (Fsp3) is 0.250. The molecule has 0 radical (unpaired) electrons. The van der Waals surface area contributed by atoms with Crippen molar-refractivity contribution in [2.45, 2.75) is 27.2 Å². The highest BCUT2D eigenvalue weighted by molar-refractivity contribution is 5.99. The molecule has 0 atom stereocenters. The first kappa shape index (κ1) is 14.1. The number of rotatable bonds is 3. The zero-order valence-corrected chi connectivity index (χ0v) is 12.0. The molecule has 20 heavy (non-hydrogen) atoms. The third-order valence-electron chi connectivity index (χ3n) is 2.95. The molecule has 2 amide bonds. The summed E-state index contributed by atoms with van der Waals surface area (Å²) in [5.41, 5.74) is 4.16. The van der Waals surface area contributed by atoms with E-state index < -0.39 is 0 Å². The summed E-state index contributed by atoms with van der Waals surface area (Å²) < 4.78 is 0. The van der Waals surface area contributed by atoms with Crippen molar-refractivity contribution in [3.8, 4) is 0 Å². The van der Waals surface area contributed by atoms with Gasteiger partial charge in [0.15, 0.2) is 0 Å². The van der Waals surface area contributed by atoms with Crippen LogP contribution in [0.5, 0.6) is 0 Å². The normalized spacial score (nSPS) is 10.2. The Morgan fingerprint density at radius 1 is 1.10 bits per heavy atom. The van der Waals surface area contributed by atoms with E-state index in [0.717, 1.165) is 28.8 Å². The Morgan fingerprint density at radius 3 is 2.45 bits per heavy atom. The monoisotopic (exact) mass is 269 g/mol. The van der Waals surface area contributed by atoms with Gasteiger partial charge in [-0.05, 0) is 61.2 Å². The third kappa shape index (κ3) is 3.82. The average molecular weight is 269 g/mol. The molecule has 104 valence electrons. The van der Waals surface area contributed by atoms with Crippen molar-refractivity contribution in [1.29, 1.82) is 0 Å². The maximum absolute atomic E-state index is 11.9. The van der Waals surface area contributed by atoms with E-state index in [0.29, 0.717) is 5.82 Å². The molecule has 2 N–H and O–H groups in total. The van der Waals surface area contributed by atoms with Gasteiger partial charge in [-0.25, -0.2) is 9.78 Å². The van der Waals surface area contributed by atoms with Crippen LogP contribution in [-0.4, -0.2) is 11.0 Å². The molecule has 4 nitrogen and oxygen atoms in total. The van der Waals surface area contributed by atoms with E-state index in [1.807, 2.05) is 38.1 Å². The van der Waals surface area contributed by atoms with Crippen LogP contribution in [0.4, 0.5) is 16.3 Å². The zero-order valence-electron chi connectivity index (χ0n) is 12.0. The Bertz CT molecular complexity index is 603. The lowest BCUT2D eigenvalue weighted by atomic mass is 10.1. The van der Waals surface area contributed by atoms with Crippen molar-refractivity contribution in [3.63, 3.8) is 0 Å². The van der Waals surface area contributed by atoms with Crippen LogP contribution in [0.3, 0.4) is 0 Å². The van der Waals surface area contributed by atoms with Crippen LogP contribution >= 0.6 is 0 Å². The summed E-state index contributed by atoms with van der Waals surface area (Å²) in [4.78, 5) is 16.1. The summed E-state index contributed by atoms with van der Waals surface area (Å²) >= 11 is 0. The predicted molar refractivity (Wildman–Crippen MR) is 82.2 cm³/mol. The molecule has 2 aromatic rings. The Kier molecular flexibility index (Phi) is 4.35. The Morgan fingerprint density at radius 2 is 1.80 bits per heavy atom. The van der Waals surface area contributed by atoms with Gasteiger partial charge >= 0.3 is 6.03 Å². The van der Waals surface area contributed by atoms with Gasteiger partial charge in [0.05, 0.1) is 0 Å². The summed E-state index contributed by atoms with van der Waals surface area (Å²) in [7, 11) is 0. The molecular weight excluding hydrogens is 250 g/mol. The van der Waals surface area contributed by atoms with Crippen molar-refractivity contribution < 1.29 is 4.79 Å². The van der Waals surface area contributed by atoms with E-state index in [4.69, 9.17) is 0 Å². The summed E-state index contributed by atoms with van der Waals surface area (Å²) in [5, 5.41) is 5.56. The maximum atomic E-state index is 11.9. The van der Waals surface area contributed by atoms with Crippen LogP contribution in [0.1, 0.15) is 23.6 Å². The maximum Gasteiger partial charge on any atom is 0.324 e. The Balaban J connectivity index is 2.04. The SMILES string of the molecule is CCc1ccnc(NC(=O)Nc2cc(C)cc(C)c2)c1. The summed E-state index contributed by atoms with van der Waals surface area (Å²) in [5.74, 6) is 0.561. The number of aromatic nitrogens is 1. The number of nitrogens with zero attached hydrogens (tertiary/aromatic N) is 1. The molecule has 4 heteroatoms. The highest BCUT2D eigenvalue weighted by atomic mass is 16.2. The number of carbonyl (C=O) groups is 1. The highest BCUT2D eigenvalue weighted by Gasteiger charge is 2.04. The quantitative estimate of drug-likeness (QED) is 0.887. The third-order valence-corrected chi connectivity index (χ3v) is 2.95. The van der Waals surface area contributed by atoms with Crippen molar-refractivity contribution >= 4 is 17.5 Å². The minimum absolute atomic E-state index is 0.282. The number of aryl methyl sites for hydroxylation is 3. The van der Waals surface area contributed by atoms with Crippen molar-refractivity contribution in [2.75, 3.05) is 10.6 Å². The number of anilines is 2. The number of nitrogens with one attached hydrogen (secondary N) is 2. The summed E-state index contributed by atoms with van der Waals surface area (Å²) in [6, 6.07) is 9.46. The molecule has 0 fully saturated rings. The average Bonchev–Trinajstić information content (AvgIpc) is 2.37. The summed E-state index contributed by atoms with van der Waals surface area (Å²) in [6.07, 6.45) is 2.61.